The number of hydrogen-bond donors (Lipinski definition) is 6. The monoisotopic (exact) mass is 980 g/mol. The van der Waals surface area contributed by atoms with Crippen molar-refractivity contribution in [1.29, 1.82) is 0 Å². The van der Waals surface area contributed by atoms with E-state index < -0.39 is 96.0 Å². The quantitative estimate of drug-likeness (QED) is 0.103. The summed E-state index contributed by atoms with van der Waals surface area (Å²) in [5.74, 6) is -2.77. The zero-order valence-corrected chi connectivity index (χ0v) is 44.9. The molecule has 16 heteroatoms. The van der Waals surface area contributed by atoms with Crippen molar-refractivity contribution in [2.24, 2.45) is 23.7 Å². The van der Waals surface area contributed by atoms with E-state index in [9.17, 15) is 35.1 Å². The summed E-state index contributed by atoms with van der Waals surface area (Å²) in [7, 11) is 5.27. The molecule has 19 atom stereocenters. The summed E-state index contributed by atoms with van der Waals surface area (Å²) in [5.41, 5.74) is -2.45. The van der Waals surface area contributed by atoms with Crippen LogP contribution >= 0.6 is 0 Å². The number of carbonyl (C=O) groups is 2. The Bertz CT molecular complexity index is 1750. The number of aliphatic hydroxyl groups is 5. The second-order valence-corrected chi connectivity index (χ2v) is 22.4. The van der Waals surface area contributed by atoms with Crippen LogP contribution in [0.1, 0.15) is 139 Å². The van der Waals surface area contributed by atoms with Gasteiger partial charge in [0.1, 0.15) is 30.0 Å². The summed E-state index contributed by atoms with van der Waals surface area (Å²) in [6.07, 6.45) is -7.47. The number of carbonyl (C=O) groups excluding carboxylic acids is 2. The Morgan fingerprint density at radius 2 is 1.58 bits per heavy atom. The molecule has 0 bridgehead atoms. The number of amides is 1. The Hall–Kier alpha value is -2.32. The first kappa shape index (κ1) is 59.2. The van der Waals surface area contributed by atoms with Gasteiger partial charge in [0.15, 0.2) is 12.6 Å². The lowest BCUT2D eigenvalue weighted by atomic mass is 9.77. The van der Waals surface area contributed by atoms with E-state index in [0.717, 1.165) is 12.0 Å². The number of nitrogens with zero attached hydrogens (tertiary/aromatic N) is 2. The fourth-order valence-electron chi connectivity index (χ4n) is 11.1. The molecule has 0 radical (unpaired) electrons. The number of ether oxygens (including phenoxy) is 6. The van der Waals surface area contributed by atoms with Gasteiger partial charge in [0.05, 0.1) is 47.5 Å². The van der Waals surface area contributed by atoms with Crippen molar-refractivity contribution < 1.29 is 63.5 Å². The molecule has 0 aliphatic carbocycles. The Morgan fingerprint density at radius 3 is 2.16 bits per heavy atom. The van der Waals surface area contributed by atoms with E-state index >= 15 is 0 Å². The van der Waals surface area contributed by atoms with Crippen molar-refractivity contribution in [3.05, 3.63) is 35.4 Å². The van der Waals surface area contributed by atoms with Crippen LogP contribution in [0.4, 0.5) is 0 Å². The molecule has 0 unspecified atom stereocenters. The van der Waals surface area contributed by atoms with E-state index in [1.165, 1.54) is 19.6 Å². The average molecular weight is 980 g/mol. The molecule has 16 nitrogen and oxygen atoms in total. The van der Waals surface area contributed by atoms with Crippen LogP contribution in [-0.2, 0) is 44.4 Å². The molecule has 6 N–H and O–H groups in total. The van der Waals surface area contributed by atoms with Crippen molar-refractivity contribution in [2.75, 3.05) is 40.8 Å². The third-order valence-electron chi connectivity index (χ3n) is 15.5. The number of benzene rings is 1. The number of hydrogen-bond acceptors (Lipinski definition) is 15. The second-order valence-electron chi connectivity index (χ2n) is 22.4. The van der Waals surface area contributed by atoms with Crippen LogP contribution in [-0.4, -0.2) is 178 Å². The summed E-state index contributed by atoms with van der Waals surface area (Å²) in [4.78, 5) is 32.0. The van der Waals surface area contributed by atoms with Crippen LogP contribution in [0.2, 0.25) is 0 Å². The van der Waals surface area contributed by atoms with Gasteiger partial charge >= 0.3 is 5.97 Å². The Labute approximate surface area is 414 Å². The molecule has 0 spiro atoms. The lowest BCUT2D eigenvalue weighted by Gasteiger charge is -2.48. The largest absolute Gasteiger partial charge is 0.459 e. The van der Waals surface area contributed by atoms with E-state index in [2.05, 4.69) is 31.3 Å². The van der Waals surface area contributed by atoms with Crippen LogP contribution in [0.25, 0.3) is 0 Å². The zero-order chi connectivity index (χ0) is 51.9. The predicted molar refractivity (Wildman–Crippen MR) is 264 cm³/mol. The molecule has 1 amide bonds. The minimum atomic E-state index is -1.91. The maximum atomic E-state index is 14.6. The molecule has 3 heterocycles. The van der Waals surface area contributed by atoms with Crippen molar-refractivity contribution in [2.45, 2.75) is 225 Å². The lowest BCUT2D eigenvalue weighted by molar-refractivity contribution is -0.318. The zero-order valence-electron chi connectivity index (χ0n) is 44.9. The van der Waals surface area contributed by atoms with E-state index in [1.807, 2.05) is 70.6 Å². The van der Waals surface area contributed by atoms with Gasteiger partial charge in [-0.1, -0.05) is 58.9 Å². The molecule has 0 aromatic heterocycles. The third-order valence-corrected chi connectivity index (χ3v) is 15.5. The van der Waals surface area contributed by atoms with Crippen LogP contribution in [0.15, 0.2) is 24.3 Å². The molecule has 4 rings (SSSR count). The standard InChI is InChI=1S/C53H93N3O13/c1-17-41-53(13,63)45(58)36(9)56(24-18-23-54-48(60)33(6)39-21-19-38(20-22-39)25-30(2)3)29-31(4)27-51(11,62)47(69-50-43(57)40(55(14)15)26-32(5)65-50)34(7)44(35(8)49(61)67-41)68-42-28-52(12,64-16)46(59)37(10)66-42/h19-22,30-37,40-47,50,57-59,62-63H,17-18,23-29H2,1-16H3,(H,54,60)/t31-,32-,33+,34+,35-,36-,37+,40+,41-,42+,43-,44+,45-,46+,47-,50+,51-,52-,53-/m1/s1. The second kappa shape index (κ2) is 25.1. The molecular weight excluding hydrogens is 887 g/mol. The number of esters is 1. The molecular formula is C53H93N3O13. The summed E-state index contributed by atoms with van der Waals surface area (Å²) in [6.45, 7) is 25.0. The maximum absolute atomic E-state index is 14.6. The molecule has 69 heavy (non-hydrogen) atoms. The molecule has 0 saturated carbocycles. The van der Waals surface area contributed by atoms with Crippen molar-refractivity contribution in [1.82, 2.24) is 15.1 Å². The van der Waals surface area contributed by atoms with Crippen molar-refractivity contribution in [3.8, 4) is 0 Å². The molecule has 3 aliphatic heterocycles. The third kappa shape index (κ3) is 14.9. The molecule has 398 valence electrons. The van der Waals surface area contributed by atoms with E-state index in [-0.39, 0.29) is 49.2 Å². The Kier molecular flexibility index (Phi) is 21.5. The normalized spacial score (nSPS) is 40.7. The van der Waals surface area contributed by atoms with Gasteiger partial charge < -0.3 is 64.2 Å². The summed E-state index contributed by atoms with van der Waals surface area (Å²) in [5, 5.41) is 63.2. The number of likely N-dealkylation sites (N-methyl/N-ethyl adjacent to an activating group) is 1. The highest BCUT2D eigenvalue weighted by atomic mass is 16.7. The predicted octanol–water partition coefficient (Wildman–Crippen LogP) is 4.78. The fraction of sp³-hybridized carbons (Fsp3) is 0.849. The van der Waals surface area contributed by atoms with Gasteiger partial charge in [0.2, 0.25) is 5.91 Å². The first-order valence-electron chi connectivity index (χ1n) is 25.7. The van der Waals surface area contributed by atoms with E-state index in [4.69, 9.17) is 28.4 Å². The van der Waals surface area contributed by atoms with Gasteiger partial charge in [-0.25, -0.2) is 0 Å². The molecule has 1 aromatic rings. The Balaban J connectivity index is 1.71. The number of nitrogens with one attached hydrogen (secondary N) is 1. The molecule has 3 aliphatic rings. The number of aliphatic hydroxyl groups excluding tert-OH is 3. The maximum Gasteiger partial charge on any atom is 0.311 e. The van der Waals surface area contributed by atoms with Gasteiger partial charge in [-0.05, 0) is 125 Å². The van der Waals surface area contributed by atoms with Gasteiger partial charge in [0.25, 0.3) is 0 Å². The lowest BCUT2D eigenvalue weighted by Crippen LogP contribution is -2.60. The SMILES string of the molecule is CC[C@H]1OC(=O)[C@H](C)[C@@H](O[C@H]2C[C@@](C)(OC)[C@@H](O)[C@H](C)O2)[C@H](C)[C@@H](O[C@@H]2O[C@H](C)C[C@H](N(C)C)[C@H]2O)[C@](C)(O)C[C@@H](C)CN(CCCNC(=O)[C@@H](C)c2ccc(CC(C)C)cc2)[C@H](C)[C@@H](O)[C@]1(C)O. The first-order valence-corrected chi connectivity index (χ1v) is 25.7. The first-order chi connectivity index (χ1) is 32.1. The smallest absolute Gasteiger partial charge is 0.311 e. The highest BCUT2D eigenvalue weighted by molar-refractivity contribution is 5.83. The topological polar surface area (TPSA) is 209 Å². The highest BCUT2D eigenvalue weighted by Gasteiger charge is 2.53. The van der Waals surface area contributed by atoms with E-state index in [0.29, 0.717) is 38.4 Å². The Morgan fingerprint density at radius 1 is 0.942 bits per heavy atom. The van der Waals surface area contributed by atoms with Gasteiger partial charge in [-0.3, -0.25) is 14.5 Å². The van der Waals surface area contributed by atoms with Crippen molar-refractivity contribution in [3.63, 3.8) is 0 Å². The number of rotatable bonds is 15. The minimum absolute atomic E-state index is 0.0957. The summed E-state index contributed by atoms with van der Waals surface area (Å²) in [6, 6.07) is 7.21. The van der Waals surface area contributed by atoms with E-state index in [1.54, 1.807) is 34.6 Å². The minimum Gasteiger partial charge on any atom is -0.459 e. The number of methoxy groups -OCH3 is 1. The fourth-order valence-corrected chi connectivity index (χ4v) is 11.1. The highest BCUT2D eigenvalue weighted by Crippen LogP contribution is 2.40. The van der Waals surface area contributed by atoms with Crippen LogP contribution in [0.5, 0.6) is 0 Å². The van der Waals surface area contributed by atoms with Crippen LogP contribution in [0, 0.1) is 23.7 Å². The molecule has 3 fully saturated rings. The summed E-state index contributed by atoms with van der Waals surface area (Å²) < 4.78 is 38.2. The average Bonchev–Trinajstić information content (AvgIpc) is 3.28. The number of cyclic esters (lactones) is 1. The van der Waals surface area contributed by atoms with Crippen molar-refractivity contribution >= 4 is 11.9 Å². The summed E-state index contributed by atoms with van der Waals surface area (Å²) >= 11 is 0. The van der Waals surface area contributed by atoms with Crippen LogP contribution < -0.4 is 5.32 Å². The van der Waals surface area contributed by atoms with Crippen LogP contribution in [0.3, 0.4) is 0 Å². The van der Waals surface area contributed by atoms with Gasteiger partial charge in [-0.15, -0.1) is 0 Å². The van der Waals surface area contributed by atoms with Gasteiger partial charge in [-0.2, -0.15) is 0 Å². The molecule has 1 aromatic carbocycles. The van der Waals surface area contributed by atoms with Gasteiger partial charge in [0, 0.05) is 51.2 Å². The molecule has 3 saturated heterocycles.